The van der Waals surface area contributed by atoms with Crippen LogP contribution in [0.15, 0.2) is 18.3 Å². The van der Waals surface area contributed by atoms with Crippen LogP contribution in [0, 0.1) is 5.92 Å². The molecule has 3 nitrogen and oxygen atoms in total. The average molecular weight is 238 g/mol. The molecule has 0 saturated carbocycles. The van der Waals surface area contributed by atoms with Crippen molar-refractivity contribution in [1.29, 1.82) is 0 Å². The van der Waals surface area contributed by atoms with Crippen LogP contribution in [0.25, 0.3) is 0 Å². The molecular formula is C12H16ClN3. The van der Waals surface area contributed by atoms with Crippen LogP contribution in [0.4, 0.5) is 5.69 Å². The number of nitrogens with zero attached hydrogens (tertiary/aromatic N) is 2. The minimum atomic E-state index is 0.568. The molecule has 1 aromatic rings. The summed E-state index contributed by atoms with van der Waals surface area (Å²) >= 11 is 5.80. The summed E-state index contributed by atoms with van der Waals surface area (Å²) in [5.74, 6) is 0.810. The number of nitrogens with one attached hydrogen (secondary N) is 1. The molecule has 3 rings (SSSR count). The van der Waals surface area contributed by atoms with Gasteiger partial charge in [-0.3, -0.25) is 0 Å². The Hall–Kier alpha value is -0.800. The number of halogens is 1. The fourth-order valence-electron chi connectivity index (χ4n) is 2.81. The average Bonchev–Trinajstić information content (AvgIpc) is 2.73. The van der Waals surface area contributed by atoms with Gasteiger partial charge in [0.2, 0.25) is 0 Å². The number of fused-ring (bicyclic) bond motifs is 1. The molecule has 86 valence electrons. The lowest BCUT2D eigenvalue weighted by molar-refractivity contribution is 0.340. The second kappa shape index (κ2) is 4.22. The lowest BCUT2D eigenvalue weighted by atomic mass is 9.94. The van der Waals surface area contributed by atoms with Crippen molar-refractivity contribution in [2.45, 2.75) is 18.9 Å². The highest BCUT2D eigenvalue weighted by molar-refractivity contribution is 6.29. The van der Waals surface area contributed by atoms with Crippen LogP contribution < -0.4 is 10.2 Å². The summed E-state index contributed by atoms with van der Waals surface area (Å²) in [7, 11) is 0. The van der Waals surface area contributed by atoms with Crippen LogP contribution in [0.3, 0.4) is 0 Å². The standard InChI is InChI=1S/C12H16ClN3/c13-12-4-3-10(6-15-12)16-7-9-2-1-5-14-11(9)8-16/h3-4,6,9,11,14H,1-2,5,7-8H2/t9-,11+/m0/s1. The summed E-state index contributed by atoms with van der Waals surface area (Å²) in [6, 6.07) is 4.60. The third-order valence-electron chi connectivity index (χ3n) is 3.68. The van der Waals surface area contributed by atoms with E-state index in [1.807, 2.05) is 12.3 Å². The van der Waals surface area contributed by atoms with Crippen molar-refractivity contribution in [3.63, 3.8) is 0 Å². The van der Waals surface area contributed by atoms with Crippen LogP contribution in [-0.2, 0) is 0 Å². The van der Waals surface area contributed by atoms with E-state index >= 15 is 0 Å². The van der Waals surface area contributed by atoms with E-state index in [0.29, 0.717) is 11.2 Å². The second-order valence-corrected chi connectivity index (χ2v) is 5.09. The molecule has 0 spiro atoms. The molecule has 2 saturated heterocycles. The number of hydrogen-bond acceptors (Lipinski definition) is 3. The monoisotopic (exact) mass is 237 g/mol. The Morgan fingerprint density at radius 3 is 3.06 bits per heavy atom. The van der Waals surface area contributed by atoms with E-state index in [-0.39, 0.29) is 0 Å². The van der Waals surface area contributed by atoms with Crippen molar-refractivity contribution in [2.24, 2.45) is 5.92 Å². The van der Waals surface area contributed by atoms with E-state index in [1.54, 1.807) is 0 Å². The van der Waals surface area contributed by atoms with E-state index in [1.165, 1.54) is 25.1 Å². The molecule has 1 N–H and O–H groups in total. The zero-order chi connectivity index (χ0) is 11.0. The van der Waals surface area contributed by atoms with Gasteiger partial charge in [-0.2, -0.15) is 0 Å². The van der Waals surface area contributed by atoms with E-state index in [4.69, 9.17) is 11.6 Å². The molecule has 4 heteroatoms. The number of piperidine rings is 1. The molecule has 16 heavy (non-hydrogen) atoms. The summed E-state index contributed by atoms with van der Waals surface area (Å²) in [4.78, 5) is 6.56. The smallest absolute Gasteiger partial charge is 0.129 e. The molecule has 3 heterocycles. The lowest BCUT2D eigenvalue weighted by Gasteiger charge is -2.24. The van der Waals surface area contributed by atoms with Crippen LogP contribution in [0.1, 0.15) is 12.8 Å². The highest BCUT2D eigenvalue weighted by atomic mass is 35.5. The summed E-state index contributed by atoms with van der Waals surface area (Å²) in [5, 5.41) is 4.17. The van der Waals surface area contributed by atoms with Crippen LogP contribution >= 0.6 is 11.6 Å². The highest BCUT2D eigenvalue weighted by Gasteiger charge is 2.34. The first-order chi connectivity index (χ1) is 7.83. The lowest BCUT2D eigenvalue weighted by Crippen LogP contribution is -2.40. The van der Waals surface area contributed by atoms with Gasteiger partial charge in [-0.25, -0.2) is 4.98 Å². The maximum atomic E-state index is 5.80. The van der Waals surface area contributed by atoms with Gasteiger partial charge in [-0.1, -0.05) is 11.6 Å². The fourth-order valence-corrected chi connectivity index (χ4v) is 2.92. The van der Waals surface area contributed by atoms with Gasteiger partial charge in [0.15, 0.2) is 0 Å². The Morgan fingerprint density at radius 2 is 2.31 bits per heavy atom. The van der Waals surface area contributed by atoms with Crippen molar-refractivity contribution in [3.8, 4) is 0 Å². The number of rotatable bonds is 1. The summed E-state index contributed by atoms with van der Waals surface area (Å²) in [6.07, 6.45) is 4.54. The summed E-state index contributed by atoms with van der Waals surface area (Å²) in [5.41, 5.74) is 1.20. The Bertz CT molecular complexity index is 351. The van der Waals surface area contributed by atoms with Crippen LogP contribution in [0.5, 0.6) is 0 Å². The summed E-state index contributed by atoms with van der Waals surface area (Å²) in [6.45, 7) is 3.43. The number of anilines is 1. The van der Waals surface area contributed by atoms with E-state index in [2.05, 4.69) is 21.3 Å². The Kier molecular flexibility index (Phi) is 2.74. The number of pyridine rings is 1. The topological polar surface area (TPSA) is 28.2 Å². The van der Waals surface area contributed by atoms with Crippen molar-refractivity contribution >= 4 is 17.3 Å². The molecule has 0 amide bonds. The van der Waals surface area contributed by atoms with Gasteiger partial charge < -0.3 is 10.2 Å². The predicted molar refractivity (Wildman–Crippen MR) is 66.0 cm³/mol. The van der Waals surface area contributed by atoms with E-state index in [0.717, 1.165) is 19.0 Å². The first kappa shape index (κ1) is 10.4. The molecule has 1 aromatic heterocycles. The maximum Gasteiger partial charge on any atom is 0.129 e. The van der Waals surface area contributed by atoms with Gasteiger partial charge in [0, 0.05) is 19.1 Å². The molecule has 0 unspecified atom stereocenters. The predicted octanol–water partition coefficient (Wildman–Crippen LogP) is 1.92. The SMILES string of the molecule is Clc1ccc(N2C[C@@H]3CCCN[C@@H]3C2)cn1. The van der Waals surface area contributed by atoms with Crippen molar-refractivity contribution in [1.82, 2.24) is 10.3 Å². The number of hydrogen-bond donors (Lipinski definition) is 1. The minimum Gasteiger partial charge on any atom is -0.368 e. The van der Waals surface area contributed by atoms with Crippen LogP contribution in [0.2, 0.25) is 5.15 Å². The van der Waals surface area contributed by atoms with Gasteiger partial charge in [0.25, 0.3) is 0 Å². The molecule has 2 fully saturated rings. The molecule has 2 aliphatic heterocycles. The largest absolute Gasteiger partial charge is 0.368 e. The van der Waals surface area contributed by atoms with Crippen molar-refractivity contribution in [3.05, 3.63) is 23.5 Å². The van der Waals surface area contributed by atoms with Gasteiger partial charge in [-0.05, 0) is 37.4 Å². The first-order valence-electron chi connectivity index (χ1n) is 5.93. The Labute approximate surface area is 101 Å². The van der Waals surface area contributed by atoms with Crippen molar-refractivity contribution in [2.75, 3.05) is 24.5 Å². The molecule has 2 aliphatic rings. The van der Waals surface area contributed by atoms with Gasteiger partial charge >= 0.3 is 0 Å². The van der Waals surface area contributed by atoms with E-state index in [9.17, 15) is 0 Å². The summed E-state index contributed by atoms with van der Waals surface area (Å²) < 4.78 is 0. The molecule has 0 radical (unpaired) electrons. The maximum absolute atomic E-state index is 5.80. The zero-order valence-electron chi connectivity index (χ0n) is 9.19. The first-order valence-corrected chi connectivity index (χ1v) is 6.30. The Balaban J connectivity index is 1.75. The van der Waals surface area contributed by atoms with Gasteiger partial charge in [0.1, 0.15) is 5.15 Å². The van der Waals surface area contributed by atoms with Gasteiger partial charge in [0.05, 0.1) is 11.9 Å². The van der Waals surface area contributed by atoms with Crippen LogP contribution in [-0.4, -0.2) is 30.7 Å². The molecule has 0 aliphatic carbocycles. The minimum absolute atomic E-state index is 0.568. The van der Waals surface area contributed by atoms with E-state index < -0.39 is 0 Å². The van der Waals surface area contributed by atoms with Crippen molar-refractivity contribution < 1.29 is 0 Å². The normalized spacial score (nSPS) is 29.2. The zero-order valence-corrected chi connectivity index (χ0v) is 9.95. The molecule has 2 atom stereocenters. The molecular weight excluding hydrogens is 222 g/mol. The molecule has 0 aromatic carbocycles. The Morgan fingerprint density at radius 1 is 1.38 bits per heavy atom. The third kappa shape index (κ3) is 1.89. The second-order valence-electron chi connectivity index (χ2n) is 4.71. The number of aromatic nitrogens is 1. The quantitative estimate of drug-likeness (QED) is 0.757. The highest BCUT2D eigenvalue weighted by Crippen LogP contribution is 2.28. The third-order valence-corrected chi connectivity index (χ3v) is 3.90. The fraction of sp³-hybridized carbons (Fsp3) is 0.583. The van der Waals surface area contributed by atoms with Gasteiger partial charge in [-0.15, -0.1) is 0 Å². The molecule has 0 bridgehead atoms.